The lowest BCUT2D eigenvalue weighted by atomic mass is 9.81. The number of carboxylic acid groups (broad SMARTS) is 1. The molecule has 13 nitrogen and oxygen atoms in total. The summed E-state index contributed by atoms with van der Waals surface area (Å²) >= 11 is 2.28. The number of nitrogens with zero attached hydrogens (tertiary/aromatic N) is 5. The number of β-lactam (4-membered cyclic amide) rings is 1. The Bertz CT molecular complexity index is 1130. The van der Waals surface area contributed by atoms with E-state index in [4.69, 9.17) is 10.6 Å². The Morgan fingerprint density at radius 2 is 2.06 bits per heavy atom. The molecule has 4 N–H and O–H groups in total. The van der Waals surface area contributed by atoms with Crippen molar-refractivity contribution in [1.29, 1.82) is 0 Å². The van der Waals surface area contributed by atoms with Crippen LogP contribution in [0.15, 0.2) is 16.4 Å². The van der Waals surface area contributed by atoms with Crippen molar-refractivity contribution < 1.29 is 33.9 Å². The minimum atomic E-state index is -1.41. The van der Waals surface area contributed by atoms with Gasteiger partial charge in [0.2, 0.25) is 11.5 Å². The second-order valence-corrected chi connectivity index (χ2v) is 11.2. The van der Waals surface area contributed by atoms with Crippen LogP contribution in [0.2, 0.25) is 0 Å². The quantitative estimate of drug-likeness (QED) is 0.151. The van der Waals surface area contributed by atoms with Gasteiger partial charge < -0.3 is 35.4 Å². The summed E-state index contributed by atoms with van der Waals surface area (Å²) in [6, 6.07) is -0.951. The Morgan fingerprint density at radius 1 is 1.37 bits per heavy atom. The maximum atomic E-state index is 13.0. The van der Waals surface area contributed by atoms with E-state index < -0.39 is 34.8 Å². The molecule has 0 spiro atoms. The van der Waals surface area contributed by atoms with Gasteiger partial charge in [0.25, 0.3) is 11.8 Å². The van der Waals surface area contributed by atoms with E-state index in [0.717, 1.165) is 31.2 Å². The molecule has 0 saturated carbocycles. The average Bonchev–Trinajstić information content (AvgIpc) is 3.27. The number of aromatic nitrogens is 2. The highest BCUT2D eigenvalue weighted by molar-refractivity contribution is 8.00. The lowest BCUT2D eigenvalue weighted by Gasteiger charge is -2.55. The number of carbonyl (C=O) groups excluding carboxylic acids is 3. The number of piperidine rings is 3. The van der Waals surface area contributed by atoms with Gasteiger partial charge in [0.05, 0.1) is 36.9 Å². The SMILES string of the molecule is CO/N=C(\C(=O)N[C@@H]1C(=O)N2C(C(=O)[O-])=C(C[N+]34CCC(O)(CC3)CC4)CS[C@@H]12)c1nsc(N)n1. The highest BCUT2D eigenvalue weighted by Crippen LogP contribution is 2.43. The van der Waals surface area contributed by atoms with Gasteiger partial charge in [0.1, 0.15) is 25.1 Å². The van der Waals surface area contributed by atoms with E-state index >= 15 is 0 Å². The van der Waals surface area contributed by atoms with Crippen LogP contribution in [0.5, 0.6) is 0 Å². The van der Waals surface area contributed by atoms with Gasteiger partial charge in [-0.1, -0.05) is 5.16 Å². The van der Waals surface area contributed by atoms with Crippen LogP contribution in [0, 0.1) is 0 Å². The molecular weight excluding hydrogens is 498 g/mol. The zero-order chi connectivity index (χ0) is 25.0. The van der Waals surface area contributed by atoms with Gasteiger partial charge in [0.15, 0.2) is 5.13 Å². The Balaban J connectivity index is 1.33. The fourth-order valence-corrected chi connectivity index (χ4v) is 7.07. The van der Waals surface area contributed by atoms with Gasteiger partial charge in [-0.15, -0.1) is 11.8 Å². The van der Waals surface area contributed by atoms with Gasteiger partial charge in [-0.25, -0.2) is 0 Å². The molecule has 0 aliphatic carbocycles. The number of aliphatic hydroxyl groups is 1. The molecule has 2 bridgehead atoms. The molecule has 5 aliphatic rings. The first-order valence-electron chi connectivity index (χ1n) is 11.1. The normalized spacial score (nSPS) is 32.2. The number of nitrogen functional groups attached to an aromatic ring is 1. The Labute approximate surface area is 208 Å². The molecule has 5 aliphatic heterocycles. The second kappa shape index (κ2) is 8.72. The van der Waals surface area contributed by atoms with Crippen molar-refractivity contribution in [3.63, 3.8) is 0 Å². The number of hydrogen-bond donors (Lipinski definition) is 3. The van der Waals surface area contributed by atoms with E-state index in [0.29, 0.717) is 41.6 Å². The minimum Gasteiger partial charge on any atom is -0.543 e. The number of carboxylic acids is 1. The van der Waals surface area contributed by atoms with Crippen molar-refractivity contribution in [2.24, 2.45) is 5.16 Å². The van der Waals surface area contributed by atoms with E-state index in [2.05, 4.69) is 19.8 Å². The summed E-state index contributed by atoms with van der Waals surface area (Å²) in [6.45, 7) is 2.83. The number of nitrogens with one attached hydrogen (secondary N) is 1. The van der Waals surface area contributed by atoms with Crippen LogP contribution in [0.25, 0.3) is 0 Å². The number of quaternary nitrogens is 1. The fraction of sp³-hybridized carbons (Fsp3) is 0.600. The fourth-order valence-electron chi connectivity index (χ4n) is 5.30. The first kappa shape index (κ1) is 24.0. The summed E-state index contributed by atoms with van der Waals surface area (Å²) in [5, 5.41) is 28.4. The summed E-state index contributed by atoms with van der Waals surface area (Å²) in [5.74, 6) is -2.32. The highest BCUT2D eigenvalue weighted by Gasteiger charge is 2.55. The molecule has 1 aromatic rings. The van der Waals surface area contributed by atoms with E-state index in [1.54, 1.807) is 0 Å². The molecule has 0 aromatic carbocycles. The van der Waals surface area contributed by atoms with Crippen LogP contribution in [-0.4, -0.2) is 103 Å². The number of amides is 2. The zero-order valence-corrected chi connectivity index (χ0v) is 20.6. The molecule has 188 valence electrons. The predicted molar refractivity (Wildman–Crippen MR) is 123 cm³/mol. The minimum absolute atomic E-state index is 0.0340. The molecule has 35 heavy (non-hydrogen) atoms. The van der Waals surface area contributed by atoms with Crippen molar-refractivity contribution in [1.82, 2.24) is 19.6 Å². The first-order chi connectivity index (χ1) is 16.7. The molecule has 15 heteroatoms. The Hall–Kier alpha value is -2.75. The number of aliphatic carboxylic acids is 1. The summed E-state index contributed by atoms with van der Waals surface area (Å²) in [4.78, 5) is 47.8. The van der Waals surface area contributed by atoms with Gasteiger partial charge in [0, 0.05) is 42.1 Å². The van der Waals surface area contributed by atoms with Crippen molar-refractivity contribution in [3.8, 4) is 0 Å². The molecule has 0 radical (unpaired) electrons. The molecule has 6 rings (SSSR count). The number of anilines is 1. The number of thioether (sulfide) groups is 1. The maximum absolute atomic E-state index is 13.0. The predicted octanol–water partition coefficient (Wildman–Crippen LogP) is -2.38. The third-order valence-corrected chi connectivity index (χ3v) is 9.14. The molecule has 2 amide bonds. The van der Waals surface area contributed by atoms with E-state index in [-0.39, 0.29) is 22.4 Å². The summed E-state index contributed by atoms with van der Waals surface area (Å²) < 4.78 is 4.66. The topological polar surface area (TPSA) is 183 Å². The van der Waals surface area contributed by atoms with Crippen molar-refractivity contribution in [2.75, 3.05) is 44.8 Å². The number of oxime groups is 1. The van der Waals surface area contributed by atoms with Crippen LogP contribution in [0.4, 0.5) is 5.13 Å². The van der Waals surface area contributed by atoms with Gasteiger partial charge in [-0.2, -0.15) is 9.36 Å². The van der Waals surface area contributed by atoms with Gasteiger partial charge in [-0.05, 0) is 0 Å². The zero-order valence-electron chi connectivity index (χ0n) is 18.9. The van der Waals surface area contributed by atoms with Crippen LogP contribution in [-0.2, 0) is 19.2 Å². The molecular formula is C20H25N7O6S2. The maximum Gasteiger partial charge on any atom is 0.278 e. The van der Waals surface area contributed by atoms with Crippen molar-refractivity contribution in [2.45, 2.75) is 36.3 Å². The Kier molecular flexibility index (Phi) is 5.97. The van der Waals surface area contributed by atoms with E-state index in [1.807, 2.05) is 0 Å². The molecule has 0 unspecified atom stereocenters. The molecule has 2 atom stereocenters. The Morgan fingerprint density at radius 3 is 2.63 bits per heavy atom. The van der Waals surface area contributed by atoms with Gasteiger partial charge >= 0.3 is 0 Å². The number of carbonyl (C=O) groups is 3. The molecule has 4 fully saturated rings. The van der Waals surface area contributed by atoms with Crippen LogP contribution >= 0.6 is 23.3 Å². The third kappa shape index (κ3) is 4.15. The summed E-state index contributed by atoms with van der Waals surface area (Å²) in [5.41, 5.74) is 5.29. The number of nitrogens with two attached hydrogens (primary N) is 1. The van der Waals surface area contributed by atoms with Crippen LogP contribution in [0.3, 0.4) is 0 Å². The lowest BCUT2D eigenvalue weighted by Crippen LogP contribution is -2.72. The van der Waals surface area contributed by atoms with E-state index in [1.165, 1.54) is 23.8 Å². The first-order valence-corrected chi connectivity index (χ1v) is 12.9. The second-order valence-electron chi connectivity index (χ2n) is 9.32. The third-order valence-electron chi connectivity index (χ3n) is 7.26. The lowest BCUT2D eigenvalue weighted by molar-refractivity contribution is -0.940. The molecule has 6 heterocycles. The number of rotatable bonds is 7. The van der Waals surface area contributed by atoms with Crippen molar-refractivity contribution in [3.05, 3.63) is 17.1 Å². The van der Waals surface area contributed by atoms with E-state index in [9.17, 15) is 24.6 Å². The van der Waals surface area contributed by atoms with Crippen molar-refractivity contribution >= 4 is 51.9 Å². The average molecular weight is 524 g/mol. The largest absolute Gasteiger partial charge is 0.543 e. The monoisotopic (exact) mass is 523 g/mol. The van der Waals surface area contributed by atoms with Gasteiger partial charge in [-0.3, -0.25) is 14.5 Å². The van der Waals surface area contributed by atoms with Crippen LogP contribution < -0.4 is 16.2 Å². The smallest absolute Gasteiger partial charge is 0.278 e. The number of fused-ring (bicyclic) bond motifs is 4. The van der Waals surface area contributed by atoms with Crippen LogP contribution in [0.1, 0.15) is 25.1 Å². The highest BCUT2D eigenvalue weighted by atomic mass is 32.2. The summed E-state index contributed by atoms with van der Waals surface area (Å²) in [6.07, 6.45) is 2.08. The summed E-state index contributed by atoms with van der Waals surface area (Å²) in [7, 11) is 1.26. The molecule has 1 aromatic heterocycles. The standard InChI is InChI=1S/C20H25N7O6S2/c1-33-24-11(14-23-19(21)35-25-14)15(28)22-12-16(29)26-13(18(30)31)10(9-34-17(12)26)8-27-5-2-20(32,3-6-27)4-7-27/h12,17,32H,2-9H2,1H3,(H3-,21,22,23,25,28,30,31)/b24-11-/t12-,17+,20?,27?/m1/s1. The number of hydrogen-bond acceptors (Lipinski definition) is 12. The molecule has 4 saturated heterocycles.